The van der Waals surface area contributed by atoms with Crippen molar-refractivity contribution in [3.05, 3.63) is 70.5 Å². The van der Waals surface area contributed by atoms with Gasteiger partial charge in [0.1, 0.15) is 18.2 Å². The minimum atomic E-state index is -0.679. The highest BCUT2D eigenvalue weighted by molar-refractivity contribution is 9.10. The van der Waals surface area contributed by atoms with Crippen LogP contribution < -0.4 is 5.73 Å². The number of carbonyl (C=O) groups excluding carboxylic acids is 2. The van der Waals surface area contributed by atoms with E-state index in [1.165, 1.54) is 19.5 Å². The molecule has 2 N–H and O–H groups in total. The molecule has 0 aliphatic carbocycles. The molecule has 1 aliphatic rings. The van der Waals surface area contributed by atoms with E-state index in [2.05, 4.69) is 25.9 Å². The maximum atomic E-state index is 13.2. The molecule has 2 amide bonds. The zero-order valence-corrected chi connectivity index (χ0v) is 19.7. The van der Waals surface area contributed by atoms with Crippen LogP contribution in [0.15, 0.2) is 59.3 Å². The number of aromatic nitrogens is 2. The molecule has 0 bridgehead atoms. The number of piperazine rings is 1. The van der Waals surface area contributed by atoms with E-state index in [0.717, 1.165) is 26.5 Å². The number of amides is 2. The molecule has 1 fully saturated rings. The molecule has 0 spiro atoms. The first-order valence-corrected chi connectivity index (χ1v) is 11.3. The second kappa shape index (κ2) is 10.1. The Bertz CT molecular complexity index is 1220. The molecule has 1 atom stereocenters. The smallest absolute Gasteiger partial charge is 0.248 e. The van der Waals surface area contributed by atoms with Gasteiger partial charge in [0, 0.05) is 42.7 Å². The van der Waals surface area contributed by atoms with Crippen LogP contribution in [0.4, 0.5) is 5.82 Å². The lowest BCUT2D eigenvalue weighted by Crippen LogP contribution is -2.59. The topological polar surface area (TPSA) is 102 Å². The highest BCUT2D eigenvalue weighted by Gasteiger charge is 2.36. The molecule has 3 aromatic rings. The molecule has 8 nitrogen and oxygen atoms in total. The van der Waals surface area contributed by atoms with Gasteiger partial charge in [0.15, 0.2) is 0 Å². The molecule has 0 saturated carbocycles. The van der Waals surface area contributed by atoms with Crippen molar-refractivity contribution in [1.29, 1.82) is 0 Å². The molecular formula is C24H24BrN5O3. The summed E-state index contributed by atoms with van der Waals surface area (Å²) < 4.78 is 6.21. The molecule has 1 saturated heterocycles. The number of nitrogens with zero attached hydrogens (tertiary/aromatic N) is 4. The van der Waals surface area contributed by atoms with E-state index >= 15 is 0 Å². The summed E-state index contributed by atoms with van der Waals surface area (Å²) in [5.41, 5.74) is 8.46. The van der Waals surface area contributed by atoms with Gasteiger partial charge in [-0.2, -0.15) is 0 Å². The number of hydrogen-bond acceptors (Lipinski definition) is 6. The van der Waals surface area contributed by atoms with Crippen LogP contribution in [0.5, 0.6) is 0 Å². The van der Waals surface area contributed by atoms with Crippen LogP contribution in [0.25, 0.3) is 17.0 Å². The van der Waals surface area contributed by atoms with Crippen LogP contribution in [-0.2, 0) is 20.9 Å². The van der Waals surface area contributed by atoms with Gasteiger partial charge in [-0.05, 0) is 41.5 Å². The average molecular weight is 510 g/mol. The van der Waals surface area contributed by atoms with E-state index in [-0.39, 0.29) is 18.4 Å². The normalized spacial score (nSPS) is 16.7. The van der Waals surface area contributed by atoms with E-state index < -0.39 is 6.04 Å². The summed E-state index contributed by atoms with van der Waals surface area (Å²) in [6, 6.07) is 12.7. The van der Waals surface area contributed by atoms with Gasteiger partial charge in [-0.3, -0.25) is 9.59 Å². The third-order valence-electron chi connectivity index (χ3n) is 5.56. The molecule has 1 unspecified atom stereocenters. The van der Waals surface area contributed by atoms with E-state index in [0.29, 0.717) is 25.5 Å². The number of fused-ring (bicyclic) bond motifs is 1. The summed E-state index contributed by atoms with van der Waals surface area (Å²) in [5.74, 6) is 0.0586. The van der Waals surface area contributed by atoms with Crippen molar-refractivity contribution >= 4 is 50.5 Å². The zero-order chi connectivity index (χ0) is 23.4. The number of carbonyl (C=O) groups is 2. The highest BCUT2D eigenvalue weighted by atomic mass is 79.9. The lowest BCUT2D eigenvalue weighted by molar-refractivity contribution is -0.152. The Kier molecular flexibility index (Phi) is 7.00. The molecule has 1 aliphatic heterocycles. The van der Waals surface area contributed by atoms with Crippen LogP contribution in [0.3, 0.4) is 0 Å². The van der Waals surface area contributed by atoms with Crippen LogP contribution in [-0.4, -0.2) is 64.4 Å². The molecule has 4 rings (SSSR count). The van der Waals surface area contributed by atoms with Crippen LogP contribution in [0, 0.1) is 0 Å². The van der Waals surface area contributed by atoms with Gasteiger partial charge in [-0.1, -0.05) is 34.1 Å². The van der Waals surface area contributed by atoms with Crippen molar-refractivity contribution in [2.75, 3.05) is 32.5 Å². The van der Waals surface area contributed by atoms with Crippen molar-refractivity contribution in [2.24, 2.45) is 0 Å². The molecular weight excluding hydrogens is 486 g/mol. The predicted octanol–water partition coefficient (Wildman–Crippen LogP) is 2.87. The van der Waals surface area contributed by atoms with Crippen LogP contribution in [0.2, 0.25) is 0 Å². The predicted molar refractivity (Wildman–Crippen MR) is 130 cm³/mol. The van der Waals surface area contributed by atoms with Crippen molar-refractivity contribution in [3.63, 3.8) is 0 Å². The monoisotopic (exact) mass is 509 g/mol. The number of rotatable bonds is 6. The molecule has 2 heterocycles. The first kappa shape index (κ1) is 22.9. The minimum Gasteiger partial charge on any atom is -0.383 e. The molecule has 2 aromatic carbocycles. The first-order chi connectivity index (χ1) is 16.0. The van der Waals surface area contributed by atoms with Gasteiger partial charge in [-0.15, -0.1) is 0 Å². The van der Waals surface area contributed by atoms with Crippen molar-refractivity contribution < 1.29 is 14.3 Å². The number of nitrogen functional groups attached to an aromatic ring is 1. The third kappa shape index (κ3) is 5.20. The van der Waals surface area contributed by atoms with Gasteiger partial charge in [0.25, 0.3) is 0 Å². The summed E-state index contributed by atoms with van der Waals surface area (Å²) in [4.78, 5) is 37.7. The third-order valence-corrected chi connectivity index (χ3v) is 6.06. The Balaban J connectivity index is 1.48. The number of anilines is 1. The number of benzene rings is 2. The van der Waals surface area contributed by atoms with E-state index in [4.69, 9.17) is 10.5 Å². The van der Waals surface area contributed by atoms with Gasteiger partial charge in [-0.25, -0.2) is 9.97 Å². The summed E-state index contributed by atoms with van der Waals surface area (Å²) in [7, 11) is 1.53. The number of halogens is 1. The Hall–Kier alpha value is -3.30. The number of hydrogen-bond donors (Lipinski definition) is 1. The van der Waals surface area contributed by atoms with E-state index in [1.807, 2.05) is 42.5 Å². The fraction of sp³-hybridized carbons (Fsp3) is 0.250. The van der Waals surface area contributed by atoms with Crippen molar-refractivity contribution in [1.82, 2.24) is 19.8 Å². The number of nitrogens with two attached hydrogens (primary N) is 1. The van der Waals surface area contributed by atoms with E-state index in [1.54, 1.807) is 15.9 Å². The molecule has 170 valence electrons. The Morgan fingerprint density at radius 2 is 2.09 bits per heavy atom. The second-order valence-corrected chi connectivity index (χ2v) is 8.68. The first-order valence-electron chi connectivity index (χ1n) is 10.5. The van der Waals surface area contributed by atoms with E-state index in [9.17, 15) is 9.59 Å². The molecule has 1 aromatic heterocycles. The fourth-order valence-corrected chi connectivity index (χ4v) is 4.31. The van der Waals surface area contributed by atoms with Crippen LogP contribution >= 0.6 is 15.9 Å². The van der Waals surface area contributed by atoms with Crippen molar-refractivity contribution in [2.45, 2.75) is 12.6 Å². The lowest BCUT2D eigenvalue weighted by Gasteiger charge is -2.40. The Morgan fingerprint density at radius 1 is 1.24 bits per heavy atom. The lowest BCUT2D eigenvalue weighted by atomic mass is 10.1. The minimum absolute atomic E-state index is 0.132. The highest BCUT2D eigenvalue weighted by Crippen LogP contribution is 2.21. The average Bonchev–Trinajstić information content (AvgIpc) is 2.80. The molecule has 0 radical (unpaired) electrons. The second-order valence-electron chi connectivity index (χ2n) is 7.76. The Labute approximate surface area is 200 Å². The molecule has 9 heteroatoms. The maximum Gasteiger partial charge on any atom is 0.248 e. The van der Waals surface area contributed by atoms with Crippen molar-refractivity contribution in [3.8, 4) is 0 Å². The van der Waals surface area contributed by atoms with Gasteiger partial charge < -0.3 is 20.3 Å². The summed E-state index contributed by atoms with van der Waals surface area (Å²) in [6.07, 6.45) is 4.67. The largest absolute Gasteiger partial charge is 0.383 e. The summed E-state index contributed by atoms with van der Waals surface area (Å²) in [6.45, 7) is 1.39. The van der Waals surface area contributed by atoms with Gasteiger partial charge in [0.2, 0.25) is 11.8 Å². The van der Waals surface area contributed by atoms with Crippen LogP contribution in [0.1, 0.15) is 11.1 Å². The maximum absolute atomic E-state index is 13.2. The zero-order valence-electron chi connectivity index (χ0n) is 18.1. The SMILES string of the molecule is COCC1C(=O)N(Cc2ccc3c(N)ncnc3c2)CCN1C(=O)/C=C/c1cccc(Br)c1. The standard InChI is InChI=1S/C24H24BrN5O3/c1-33-14-21-24(32)29(13-17-5-7-19-20(12-17)27-15-28-23(19)26)9-10-30(21)22(31)8-6-16-3-2-4-18(25)11-16/h2-8,11-12,15,21H,9-10,13-14H2,1H3,(H2,26,27,28)/b8-6+. The molecule has 33 heavy (non-hydrogen) atoms. The number of methoxy groups -OCH3 is 1. The van der Waals surface area contributed by atoms with Gasteiger partial charge in [0.05, 0.1) is 12.1 Å². The fourth-order valence-electron chi connectivity index (χ4n) is 3.89. The van der Waals surface area contributed by atoms with Gasteiger partial charge >= 0.3 is 0 Å². The summed E-state index contributed by atoms with van der Waals surface area (Å²) >= 11 is 3.43. The number of ether oxygens (including phenoxy) is 1. The Morgan fingerprint density at radius 3 is 2.88 bits per heavy atom. The summed E-state index contributed by atoms with van der Waals surface area (Å²) in [5, 5.41) is 0.775. The quantitative estimate of drug-likeness (QED) is 0.512.